The fourth-order valence-corrected chi connectivity index (χ4v) is 6.83. The number of aromatic nitrogens is 3. The van der Waals surface area contributed by atoms with Gasteiger partial charge >= 0.3 is 24.4 Å². The standard InChI is InChI=1S/C47H59F4N9O8/c1-44(2,3)65-40(61)52-38(53-41(62)66-45(4,5)6)59-18-14-26(15-19-59)28-22-34(50)30(24-32(28)48)36-56-57-37(58(36)13)31-25-33(49)29(23-35(31)51)27-16-20-60(21-17-27)39(54-42(63)67-46(7,8)9)55-43(64)68-47(10,11)12/h14,16,22-25H,15,17-21H2,1-13H3,(H,52,53,61,62)(H,54,55,63,64). The van der Waals surface area contributed by atoms with Crippen LogP contribution in [-0.2, 0) is 26.0 Å². The third kappa shape index (κ3) is 14.4. The van der Waals surface area contributed by atoms with E-state index in [9.17, 15) is 19.2 Å². The van der Waals surface area contributed by atoms with Crippen molar-refractivity contribution in [2.24, 2.45) is 17.0 Å². The molecule has 2 N–H and O–H groups in total. The summed E-state index contributed by atoms with van der Waals surface area (Å²) in [6.45, 7) is 20.3. The van der Waals surface area contributed by atoms with Gasteiger partial charge in [-0.1, -0.05) is 12.2 Å². The summed E-state index contributed by atoms with van der Waals surface area (Å²) in [4.78, 5) is 61.5. The number of guanidine groups is 2. The molecule has 4 amide bonds. The summed E-state index contributed by atoms with van der Waals surface area (Å²) in [5, 5.41) is 13.0. The maximum absolute atomic E-state index is 15.9. The number of amides is 4. The van der Waals surface area contributed by atoms with Crippen LogP contribution in [0.25, 0.3) is 33.9 Å². The number of halogens is 4. The van der Waals surface area contributed by atoms with Gasteiger partial charge in [-0.15, -0.1) is 20.2 Å². The molecular formula is C47H59F4N9O8. The zero-order chi connectivity index (χ0) is 50.7. The highest BCUT2D eigenvalue weighted by atomic mass is 19.1. The van der Waals surface area contributed by atoms with E-state index in [0.717, 1.165) is 24.3 Å². The average Bonchev–Trinajstić information content (AvgIpc) is 3.56. The zero-order valence-electron chi connectivity index (χ0n) is 40.6. The van der Waals surface area contributed by atoms with Crippen LogP contribution in [0.5, 0.6) is 0 Å². The van der Waals surface area contributed by atoms with Crippen molar-refractivity contribution in [1.29, 1.82) is 0 Å². The number of nitrogens with zero attached hydrogens (tertiary/aromatic N) is 7. The average molecular weight is 954 g/mol. The normalized spacial score (nSPS) is 15.3. The number of rotatable bonds is 4. The fourth-order valence-electron chi connectivity index (χ4n) is 6.83. The van der Waals surface area contributed by atoms with Crippen molar-refractivity contribution in [3.63, 3.8) is 0 Å². The Balaban J connectivity index is 1.35. The Hall–Kier alpha value is -6.80. The van der Waals surface area contributed by atoms with Crippen LogP contribution in [-0.4, -0.2) is 109 Å². The molecular weight excluding hydrogens is 895 g/mol. The number of carbonyl (C=O) groups excluding carboxylic acids is 4. The molecule has 1 aromatic heterocycles. The highest BCUT2D eigenvalue weighted by Gasteiger charge is 2.29. The Morgan fingerprint density at radius 1 is 0.529 bits per heavy atom. The topological polar surface area (TPSA) is 191 Å². The molecule has 0 unspecified atom stereocenters. The molecule has 3 aromatic rings. The minimum Gasteiger partial charge on any atom is -0.444 e. The van der Waals surface area contributed by atoms with E-state index in [4.69, 9.17) is 18.9 Å². The van der Waals surface area contributed by atoms with Gasteiger partial charge in [0.05, 0.1) is 11.1 Å². The van der Waals surface area contributed by atoms with Gasteiger partial charge in [-0.3, -0.25) is 10.6 Å². The highest BCUT2D eigenvalue weighted by Crippen LogP contribution is 2.35. The molecule has 68 heavy (non-hydrogen) atoms. The first kappa shape index (κ1) is 52.2. The first-order valence-electron chi connectivity index (χ1n) is 21.8. The van der Waals surface area contributed by atoms with Crippen LogP contribution in [0.1, 0.15) is 107 Å². The second kappa shape index (κ2) is 20.2. The van der Waals surface area contributed by atoms with Crippen molar-refractivity contribution in [2.45, 2.75) is 118 Å². The van der Waals surface area contributed by atoms with Gasteiger partial charge in [-0.25, -0.2) is 36.7 Å². The number of alkyl carbamates (subject to hydrolysis) is 2. The van der Waals surface area contributed by atoms with Gasteiger partial charge in [-0.2, -0.15) is 0 Å². The third-order valence-electron chi connectivity index (χ3n) is 9.59. The van der Waals surface area contributed by atoms with E-state index in [1.54, 1.807) is 105 Å². The Morgan fingerprint density at radius 2 is 0.838 bits per heavy atom. The molecule has 368 valence electrons. The van der Waals surface area contributed by atoms with E-state index >= 15 is 17.6 Å². The van der Waals surface area contributed by atoms with Crippen LogP contribution in [0.15, 0.2) is 46.4 Å². The quantitative estimate of drug-likeness (QED) is 0.109. The van der Waals surface area contributed by atoms with Crippen molar-refractivity contribution in [3.8, 4) is 22.8 Å². The molecule has 5 rings (SSSR count). The maximum Gasteiger partial charge on any atom is 0.437 e. The summed E-state index contributed by atoms with van der Waals surface area (Å²) in [6.07, 6.45) is -0.134. The first-order valence-corrected chi connectivity index (χ1v) is 21.8. The molecule has 2 aromatic carbocycles. The number of hydrogen-bond donors (Lipinski definition) is 2. The van der Waals surface area contributed by atoms with Crippen LogP contribution in [0.2, 0.25) is 0 Å². The van der Waals surface area contributed by atoms with Gasteiger partial charge in [0.2, 0.25) is 11.9 Å². The molecule has 0 spiro atoms. The monoisotopic (exact) mass is 953 g/mol. The molecule has 2 aliphatic rings. The Morgan fingerprint density at radius 3 is 1.13 bits per heavy atom. The number of hydrogen-bond acceptors (Lipinski definition) is 10. The molecule has 3 heterocycles. The van der Waals surface area contributed by atoms with Gasteiger partial charge in [-0.05, 0) is 131 Å². The molecule has 21 heteroatoms. The van der Waals surface area contributed by atoms with Gasteiger partial charge in [0.1, 0.15) is 45.7 Å². The van der Waals surface area contributed by atoms with Crippen molar-refractivity contribution in [3.05, 3.63) is 70.8 Å². The van der Waals surface area contributed by atoms with Gasteiger partial charge < -0.3 is 33.3 Å². The lowest BCUT2D eigenvalue weighted by Crippen LogP contribution is -2.48. The van der Waals surface area contributed by atoms with Crippen molar-refractivity contribution in [2.75, 3.05) is 26.2 Å². The Kier molecular flexibility index (Phi) is 15.5. The first-order chi connectivity index (χ1) is 31.4. The van der Waals surface area contributed by atoms with Crippen LogP contribution >= 0.6 is 0 Å². The molecule has 17 nitrogen and oxygen atoms in total. The summed E-state index contributed by atoms with van der Waals surface area (Å²) in [5.41, 5.74) is -3.24. The smallest absolute Gasteiger partial charge is 0.437 e. The molecule has 0 bridgehead atoms. The van der Waals surface area contributed by atoms with Crippen LogP contribution in [0.3, 0.4) is 0 Å². The Labute approximate surface area is 392 Å². The predicted molar refractivity (Wildman–Crippen MR) is 246 cm³/mol. The molecule has 0 fully saturated rings. The van der Waals surface area contributed by atoms with E-state index in [0.29, 0.717) is 11.1 Å². The van der Waals surface area contributed by atoms with Crippen LogP contribution in [0.4, 0.5) is 36.7 Å². The lowest BCUT2D eigenvalue weighted by molar-refractivity contribution is 0.0536. The summed E-state index contributed by atoms with van der Waals surface area (Å²) >= 11 is 0. The van der Waals surface area contributed by atoms with Crippen LogP contribution in [0, 0.1) is 23.3 Å². The van der Waals surface area contributed by atoms with Crippen molar-refractivity contribution >= 4 is 47.4 Å². The number of benzene rings is 2. The molecule has 0 aliphatic carbocycles. The van der Waals surface area contributed by atoms with E-state index < -0.39 is 70.0 Å². The number of aliphatic imine (C=N–C) groups is 2. The van der Waals surface area contributed by atoms with E-state index in [2.05, 4.69) is 30.8 Å². The van der Waals surface area contributed by atoms with Crippen LogP contribution < -0.4 is 10.6 Å². The lowest BCUT2D eigenvalue weighted by Gasteiger charge is -2.30. The minimum absolute atomic E-state index is 0.0395. The largest absolute Gasteiger partial charge is 0.444 e. The molecule has 0 radical (unpaired) electrons. The number of nitrogens with one attached hydrogen (secondary N) is 2. The van der Waals surface area contributed by atoms with E-state index in [-0.39, 0.29) is 84.8 Å². The predicted octanol–water partition coefficient (Wildman–Crippen LogP) is 9.52. The van der Waals surface area contributed by atoms with E-state index in [1.807, 2.05) is 0 Å². The van der Waals surface area contributed by atoms with Crippen molar-refractivity contribution < 1.29 is 55.7 Å². The van der Waals surface area contributed by atoms with Crippen molar-refractivity contribution in [1.82, 2.24) is 35.2 Å². The minimum atomic E-state index is -0.957. The summed E-state index contributed by atoms with van der Waals surface area (Å²) < 4.78 is 86.2. The second-order valence-corrected chi connectivity index (χ2v) is 20.0. The molecule has 0 saturated carbocycles. The number of ether oxygens (including phenoxy) is 4. The van der Waals surface area contributed by atoms with Gasteiger partial charge in [0, 0.05) is 44.4 Å². The number of carbonyl (C=O) groups is 4. The SMILES string of the molecule is Cn1c(-c2cc(F)c(C3=CCN(C(=NC(=O)OC(C)(C)C)NC(=O)OC(C)(C)C)CC3)cc2F)nnc1-c1cc(F)c(C2=CCN(C(=NC(=O)OC(C)(C)C)NC(=O)OC(C)(C)C)CC2)cc1F. The van der Waals surface area contributed by atoms with Gasteiger partial charge in [0.25, 0.3) is 0 Å². The van der Waals surface area contributed by atoms with Gasteiger partial charge in [0.15, 0.2) is 11.6 Å². The summed E-state index contributed by atoms with van der Waals surface area (Å²) in [6, 6.07) is 3.89. The molecule has 0 saturated heterocycles. The second-order valence-electron chi connectivity index (χ2n) is 20.0. The fraction of sp³-hybridized carbons (Fsp3) is 0.489. The molecule has 2 aliphatic heterocycles. The molecule has 0 atom stereocenters. The Bertz CT molecular complexity index is 2410. The summed E-state index contributed by atoms with van der Waals surface area (Å²) in [7, 11) is 1.40. The lowest BCUT2D eigenvalue weighted by atomic mass is 9.97. The highest BCUT2D eigenvalue weighted by molar-refractivity contribution is 6.00. The van der Waals surface area contributed by atoms with E-state index in [1.165, 1.54) is 11.6 Å². The maximum atomic E-state index is 15.9. The zero-order valence-corrected chi connectivity index (χ0v) is 40.6. The summed E-state index contributed by atoms with van der Waals surface area (Å²) in [5.74, 6) is -3.97. The third-order valence-corrected chi connectivity index (χ3v) is 9.59.